The van der Waals surface area contributed by atoms with Crippen molar-refractivity contribution in [1.29, 1.82) is 0 Å². The van der Waals surface area contributed by atoms with Gasteiger partial charge in [0.15, 0.2) is 0 Å². The van der Waals surface area contributed by atoms with Crippen molar-refractivity contribution >= 4 is 23.6 Å². The molecule has 2 aliphatic rings. The summed E-state index contributed by atoms with van der Waals surface area (Å²) in [6.45, 7) is 0.291. The van der Waals surface area contributed by atoms with E-state index in [9.17, 15) is 14.4 Å². The standard InChI is InChI=1S/C21H19N3O4/c1-23-16-12-24(15-10-8-14(9-11-15)20(26)28-2)19(25)17(16)18(22-21(23)27)13-6-4-3-5-7-13/h3-11,18H,12H2,1-2H3,(H,22,27). The van der Waals surface area contributed by atoms with Crippen molar-refractivity contribution in [1.82, 2.24) is 10.2 Å². The molecule has 0 radical (unpaired) electrons. The van der Waals surface area contributed by atoms with E-state index in [1.807, 2.05) is 30.3 Å². The van der Waals surface area contributed by atoms with E-state index in [2.05, 4.69) is 5.32 Å². The number of methoxy groups -OCH3 is 1. The van der Waals surface area contributed by atoms with Gasteiger partial charge in [0.2, 0.25) is 0 Å². The van der Waals surface area contributed by atoms with E-state index in [0.29, 0.717) is 29.1 Å². The van der Waals surface area contributed by atoms with Gasteiger partial charge >= 0.3 is 12.0 Å². The molecule has 0 saturated carbocycles. The maximum atomic E-state index is 13.2. The minimum Gasteiger partial charge on any atom is -0.465 e. The molecule has 1 N–H and O–H groups in total. The third-order valence-electron chi connectivity index (χ3n) is 5.09. The zero-order valence-corrected chi connectivity index (χ0v) is 15.5. The quantitative estimate of drug-likeness (QED) is 0.834. The second kappa shape index (κ2) is 6.84. The van der Waals surface area contributed by atoms with Crippen molar-refractivity contribution in [2.75, 3.05) is 25.6 Å². The van der Waals surface area contributed by atoms with Crippen LogP contribution in [0.2, 0.25) is 0 Å². The summed E-state index contributed by atoms with van der Waals surface area (Å²) in [6, 6.07) is 15.3. The molecule has 4 rings (SSSR count). The number of ether oxygens (including phenoxy) is 1. The number of likely N-dealkylation sites (N-methyl/N-ethyl adjacent to an activating group) is 1. The highest BCUT2D eigenvalue weighted by molar-refractivity contribution is 6.11. The number of carbonyl (C=O) groups excluding carboxylic acids is 3. The van der Waals surface area contributed by atoms with E-state index in [4.69, 9.17) is 4.74 Å². The molecule has 0 aromatic heterocycles. The Kier molecular flexibility index (Phi) is 4.35. The lowest BCUT2D eigenvalue weighted by Gasteiger charge is -2.31. The highest BCUT2D eigenvalue weighted by Crippen LogP contribution is 2.37. The number of hydrogen-bond donors (Lipinski definition) is 1. The molecule has 0 aliphatic carbocycles. The number of urea groups is 1. The molecule has 1 atom stereocenters. The second-order valence-corrected chi connectivity index (χ2v) is 6.64. The zero-order valence-electron chi connectivity index (χ0n) is 15.5. The normalized spacial score (nSPS) is 18.9. The fraction of sp³-hybridized carbons (Fsp3) is 0.190. The Morgan fingerprint density at radius 2 is 1.75 bits per heavy atom. The molecular formula is C21H19N3O4. The third kappa shape index (κ3) is 2.81. The van der Waals surface area contributed by atoms with Crippen molar-refractivity contribution in [3.63, 3.8) is 0 Å². The van der Waals surface area contributed by atoms with Crippen molar-refractivity contribution < 1.29 is 19.1 Å². The van der Waals surface area contributed by atoms with Gasteiger partial charge in [-0.2, -0.15) is 0 Å². The number of benzene rings is 2. The number of anilines is 1. The Morgan fingerprint density at radius 3 is 2.39 bits per heavy atom. The predicted molar refractivity (Wildman–Crippen MR) is 103 cm³/mol. The average molecular weight is 377 g/mol. The van der Waals surface area contributed by atoms with Crippen LogP contribution in [-0.2, 0) is 9.53 Å². The van der Waals surface area contributed by atoms with Gasteiger partial charge in [0, 0.05) is 12.7 Å². The van der Waals surface area contributed by atoms with Gasteiger partial charge in [-0.25, -0.2) is 9.59 Å². The molecule has 2 aliphatic heterocycles. The zero-order chi connectivity index (χ0) is 19.8. The van der Waals surface area contributed by atoms with E-state index in [1.54, 1.807) is 36.2 Å². The van der Waals surface area contributed by atoms with Crippen LogP contribution in [0.25, 0.3) is 0 Å². The van der Waals surface area contributed by atoms with Crippen molar-refractivity contribution in [3.05, 3.63) is 77.0 Å². The Labute approximate surface area is 162 Å². The first-order chi connectivity index (χ1) is 13.5. The first kappa shape index (κ1) is 17.8. The molecule has 7 heteroatoms. The molecule has 28 heavy (non-hydrogen) atoms. The summed E-state index contributed by atoms with van der Waals surface area (Å²) in [6.07, 6.45) is 0. The number of nitrogens with one attached hydrogen (secondary N) is 1. The van der Waals surface area contributed by atoms with Crippen molar-refractivity contribution in [3.8, 4) is 0 Å². The highest BCUT2D eigenvalue weighted by atomic mass is 16.5. The van der Waals surface area contributed by atoms with Crippen LogP contribution in [-0.4, -0.2) is 43.5 Å². The summed E-state index contributed by atoms with van der Waals surface area (Å²) in [7, 11) is 2.98. The Bertz CT molecular complexity index is 982. The summed E-state index contributed by atoms with van der Waals surface area (Å²) in [5.41, 5.74) is 3.16. The molecule has 2 aromatic carbocycles. The van der Waals surface area contributed by atoms with Gasteiger partial charge < -0.3 is 15.0 Å². The summed E-state index contributed by atoms with van der Waals surface area (Å²) in [5, 5.41) is 2.91. The monoisotopic (exact) mass is 377 g/mol. The number of hydrogen-bond acceptors (Lipinski definition) is 4. The summed E-state index contributed by atoms with van der Waals surface area (Å²) in [4.78, 5) is 40.4. The topological polar surface area (TPSA) is 79.0 Å². The van der Waals surface area contributed by atoms with Gasteiger partial charge in [0.25, 0.3) is 5.91 Å². The molecule has 0 spiro atoms. The largest absolute Gasteiger partial charge is 0.465 e. The number of rotatable bonds is 3. The molecule has 3 amide bonds. The maximum Gasteiger partial charge on any atom is 0.337 e. The first-order valence-corrected chi connectivity index (χ1v) is 8.83. The van der Waals surface area contributed by atoms with E-state index >= 15 is 0 Å². The minimum absolute atomic E-state index is 0.165. The Morgan fingerprint density at radius 1 is 1.07 bits per heavy atom. The number of amides is 3. The van der Waals surface area contributed by atoms with Gasteiger partial charge in [-0.1, -0.05) is 30.3 Å². The summed E-state index contributed by atoms with van der Waals surface area (Å²) >= 11 is 0. The van der Waals surface area contributed by atoms with Gasteiger partial charge in [0.05, 0.1) is 36.5 Å². The molecule has 0 bridgehead atoms. The molecule has 2 aromatic rings. The summed E-state index contributed by atoms with van der Waals surface area (Å²) in [5.74, 6) is -0.600. The van der Waals surface area contributed by atoms with Gasteiger partial charge in [-0.3, -0.25) is 9.69 Å². The van der Waals surface area contributed by atoms with E-state index in [0.717, 1.165) is 5.56 Å². The molecule has 142 valence electrons. The lowest BCUT2D eigenvalue weighted by Crippen LogP contribution is -2.45. The SMILES string of the molecule is COC(=O)c1ccc(N2CC3=C(C2=O)C(c2ccccc2)NC(=O)N3C)cc1. The van der Waals surface area contributed by atoms with Crippen LogP contribution in [0.1, 0.15) is 22.0 Å². The van der Waals surface area contributed by atoms with Gasteiger partial charge in [0.1, 0.15) is 0 Å². The highest BCUT2D eigenvalue weighted by Gasteiger charge is 2.43. The summed E-state index contributed by atoms with van der Waals surface area (Å²) < 4.78 is 4.71. The third-order valence-corrected chi connectivity index (χ3v) is 5.09. The lowest BCUT2D eigenvalue weighted by molar-refractivity contribution is -0.114. The Hall–Kier alpha value is -3.61. The van der Waals surface area contributed by atoms with Crippen LogP contribution >= 0.6 is 0 Å². The molecule has 7 nitrogen and oxygen atoms in total. The van der Waals surface area contributed by atoms with Crippen LogP contribution in [0.15, 0.2) is 65.9 Å². The van der Waals surface area contributed by atoms with Crippen molar-refractivity contribution in [2.24, 2.45) is 0 Å². The predicted octanol–water partition coefficient (Wildman–Crippen LogP) is 2.47. The van der Waals surface area contributed by atoms with Crippen LogP contribution in [0.5, 0.6) is 0 Å². The Balaban J connectivity index is 1.69. The van der Waals surface area contributed by atoms with E-state index < -0.39 is 12.0 Å². The molecule has 1 unspecified atom stereocenters. The van der Waals surface area contributed by atoms with Gasteiger partial charge in [-0.15, -0.1) is 0 Å². The van der Waals surface area contributed by atoms with Crippen LogP contribution in [0.4, 0.5) is 10.5 Å². The van der Waals surface area contributed by atoms with Crippen LogP contribution in [0, 0.1) is 0 Å². The minimum atomic E-state index is -0.494. The lowest BCUT2D eigenvalue weighted by atomic mass is 9.96. The fourth-order valence-corrected chi connectivity index (χ4v) is 3.57. The molecule has 0 fully saturated rings. The number of carbonyl (C=O) groups is 3. The molecule has 0 saturated heterocycles. The smallest absolute Gasteiger partial charge is 0.337 e. The van der Waals surface area contributed by atoms with E-state index in [-0.39, 0.29) is 11.9 Å². The maximum absolute atomic E-state index is 13.2. The first-order valence-electron chi connectivity index (χ1n) is 8.83. The number of nitrogens with zero attached hydrogens (tertiary/aromatic N) is 2. The van der Waals surface area contributed by atoms with Crippen LogP contribution < -0.4 is 10.2 Å². The second-order valence-electron chi connectivity index (χ2n) is 6.64. The molecule has 2 heterocycles. The molecular weight excluding hydrogens is 358 g/mol. The van der Waals surface area contributed by atoms with Crippen molar-refractivity contribution in [2.45, 2.75) is 6.04 Å². The van der Waals surface area contributed by atoms with Crippen LogP contribution in [0.3, 0.4) is 0 Å². The van der Waals surface area contributed by atoms with E-state index in [1.165, 1.54) is 12.0 Å². The fourth-order valence-electron chi connectivity index (χ4n) is 3.57. The van der Waals surface area contributed by atoms with Gasteiger partial charge in [-0.05, 0) is 29.8 Å². The number of esters is 1. The average Bonchev–Trinajstić information content (AvgIpc) is 3.08.